The van der Waals surface area contributed by atoms with E-state index in [0.29, 0.717) is 5.96 Å². The average molecular weight is 379 g/mol. The fourth-order valence-electron chi connectivity index (χ4n) is 2.58. The Labute approximate surface area is 159 Å². The fourth-order valence-corrected chi connectivity index (χ4v) is 3.60. The third kappa shape index (κ3) is 5.54. The van der Waals surface area contributed by atoms with Crippen molar-refractivity contribution in [2.75, 3.05) is 19.6 Å². The van der Waals surface area contributed by atoms with E-state index in [0.717, 1.165) is 36.5 Å². The highest BCUT2D eigenvalue weighted by molar-refractivity contribution is 7.11. The molecule has 0 spiro atoms. The van der Waals surface area contributed by atoms with Crippen LogP contribution in [0.15, 0.2) is 17.4 Å². The van der Waals surface area contributed by atoms with Gasteiger partial charge in [-0.2, -0.15) is 5.10 Å². The highest BCUT2D eigenvalue weighted by Crippen LogP contribution is 2.20. The number of thiazole rings is 1. The largest absolute Gasteiger partial charge is 0.383 e. The average Bonchev–Trinajstić information content (AvgIpc) is 3.18. The van der Waals surface area contributed by atoms with E-state index in [4.69, 9.17) is 0 Å². The second-order valence-corrected chi connectivity index (χ2v) is 7.80. The number of aromatic nitrogens is 3. The number of aryl methyl sites for hydroxylation is 3. The molecule has 2 heterocycles. The van der Waals surface area contributed by atoms with Crippen LogP contribution in [-0.2, 0) is 25.5 Å². The van der Waals surface area contributed by atoms with Crippen molar-refractivity contribution in [3.8, 4) is 0 Å². The Balaban J connectivity index is 1.93. The van der Waals surface area contributed by atoms with Gasteiger partial charge in [0.15, 0.2) is 5.96 Å². The van der Waals surface area contributed by atoms with Gasteiger partial charge < -0.3 is 15.7 Å². The summed E-state index contributed by atoms with van der Waals surface area (Å²) in [5.74, 6) is 0.695. The molecule has 7 nitrogen and oxygen atoms in total. The quantitative estimate of drug-likeness (QED) is 0.481. The molecule has 0 aliphatic rings. The summed E-state index contributed by atoms with van der Waals surface area (Å²) in [6.45, 7) is 9.79. The zero-order chi connectivity index (χ0) is 19.2. The maximum absolute atomic E-state index is 10.7. The molecule has 2 aromatic rings. The number of hydrogen-bond donors (Lipinski definition) is 3. The first-order chi connectivity index (χ1) is 12.4. The molecule has 0 saturated heterocycles. The van der Waals surface area contributed by atoms with Crippen molar-refractivity contribution >= 4 is 17.3 Å². The van der Waals surface area contributed by atoms with Crippen molar-refractivity contribution in [2.45, 2.75) is 46.1 Å². The molecule has 144 valence electrons. The van der Waals surface area contributed by atoms with Gasteiger partial charge in [0.2, 0.25) is 0 Å². The molecule has 0 radical (unpaired) electrons. The van der Waals surface area contributed by atoms with Crippen LogP contribution in [0.1, 0.15) is 41.9 Å². The van der Waals surface area contributed by atoms with Gasteiger partial charge in [-0.05, 0) is 27.2 Å². The van der Waals surface area contributed by atoms with Crippen LogP contribution in [0.4, 0.5) is 0 Å². The molecular weight excluding hydrogens is 348 g/mol. The summed E-state index contributed by atoms with van der Waals surface area (Å²) in [6.07, 6.45) is 5.32. The van der Waals surface area contributed by atoms with E-state index in [2.05, 4.69) is 39.6 Å². The smallest absolute Gasteiger partial charge is 0.191 e. The molecule has 0 aliphatic heterocycles. The minimum atomic E-state index is -1.06. The van der Waals surface area contributed by atoms with E-state index in [-0.39, 0.29) is 6.54 Å². The predicted molar refractivity (Wildman–Crippen MR) is 107 cm³/mol. The highest BCUT2D eigenvalue weighted by atomic mass is 32.1. The van der Waals surface area contributed by atoms with E-state index in [9.17, 15) is 5.11 Å². The maximum Gasteiger partial charge on any atom is 0.191 e. The van der Waals surface area contributed by atoms with Crippen molar-refractivity contribution in [2.24, 2.45) is 12.0 Å². The van der Waals surface area contributed by atoms with Gasteiger partial charge in [0.05, 0.1) is 23.4 Å². The van der Waals surface area contributed by atoms with Crippen LogP contribution in [0.5, 0.6) is 0 Å². The molecule has 8 heteroatoms. The molecular formula is C18H30N6OS. The molecule has 0 saturated carbocycles. The monoisotopic (exact) mass is 378 g/mol. The van der Waals surface area contributed by atoms with Crippen molar-refractivity contribution in [1.29, 1.82) is 0 Å². The van der Waals surface area contributed by atoms with Gasteiger partial charge in [-0.25, -0.2) is 9.98 Å². The van der Waals surface area contributed by atoms with Gasteiger partial charge in [0.25, 0.3) is 0 Å². The standard InChI is InChI=1S/C18H30N6OS/c1-6-15-13(3)26-16(23-15)8-9-20-17(19-7-2)21-12-18(4,25)14-10-22-24(5)11-14/h10-11,25H,6-9,12H2,1-5H3,(H2,19,20,21). The molecule has 0 amide bonds. The predicted octanol–water partition coefficient (Wildman–Crippen LogP) is 1.75. The minimum absolute atomic E-state index is 0.254. The molecule has 1 unspecified atom stereocenters. The number of aliphatic hydroxyl groups is 1. The molecule has 0 aromatic carbocycles. The zero-order valence-corrected chi connectivity index (χ0v) is 17.2. The summed E-state index contributed by atoms with van der Waals surface area (Å²) >= 11 is 1.76. The third-order valence-electron chi connectivity index (χ3n) is 4.12. The lowest BCUT2D eigenvalue weighted by molar-refractivity contribution is 0.0672. The van der Waals surface area contributed by atoms with Gasteiger partial charge in [-0.15, -0.1) is 11.3 Å². The first-order valence-electron chi connectivity index (χ1n) is 9.04. The summed E-state index contributed by atoms with van der Waals surface area (Å²) in [5, 5.41) is 22.5. The molecule has 2 aromatic heterocycles. The van der Waals surface area contributed by atoms with Crippen molar-refractivity contribution in [3.63, 3.8) is 0 Å². The summed E-state index contributed by atoms with van der Waals surface area (Å²) < 4.78 is 1.68. The van der Waals surface area contributed by atoms with Crippen LogP contribution >= 0.6 is 11.3 Å². The first-order valence-corrected chi connectivity index (χ1v) is 9.86. The number of nitrogens with zero attached hydrogens (tertiary/aromatic N) is 4. The lowest BCUT2D eigenvalue weighted by Crippen LogP contribution is -2.39. The van der Waals surface area contributed by atoms with Gasteiger partial charge in [0.1, 0.15) is 5.60 Å². The van der Waals surface area contributed by atoms with Crippen LogP contribution in [0.25, 0.3) is 0 Å². The number of aliphatic imine (C=N–C) groups is 1. The summed E-state index contributed by atoms with van der Waals surface area (Å²) in [4.78, 5) is 10.5. The second-order valence-electron chi connectivity index (χ2n) is 6.51. The van der Waals surface area contributed by atoms with Crippen LogP contribution < -0.4 is 10.6 Å². The molecule has 0 fully saturated rings. The Hall–Kier alpha value is -1.93. The Kier molecular flexibility index (Phi) is 7.16. The van der Waals surface area contributed by atoms with Crippen molar-refractivity contribution in [3.05, 3.63) is 33.5 Å². The summed E-state index contributed by atoms with van der Waals surface area (Å²) in [5.41, 5.74) is 0.891. The number of hydrogen-bond acceptors (Lipinski definition) is 5. The SMILES string of the molecule is CCNC(=NCC(C)(O)c1cnn(C)c1)NCCc1nc(CC)c(C)s1. The second kappa shape index (κ2) is 9.14. The molecule has 1 atom stereocenters. The fraction of sp³-hybridized carbons (Fsp3) is 0.611. The molecule has 2 rings (SSSR count). The third-order valence-corrected chi connectivity index (χ3v) is 5.19. The number of nitrogens with one attached hydrogen (secondary N) is 2. The first kappa shape index (κ1) is 20.4. The number of guanidine groups is 1. The van der Waals surface area contributed by atoms with Crippen LogP contribution in [-0.4, -0.2) is 45.5 Å². The molecule has 0 bridgehead atoms. The Morgan fingerprint density at radius 2 is 2.15 bits per heavy atom. The minimum Gasteiger partial charge on any atom is -0.383 e. The highest BCUT2D eigenvalue weighted by Gasteiger charge is 2.24. The Morgan fingerprint density at radius 1 is 1.38 bits per heavy atom. The van der Waals surface area contributed by atoms with Gasteiger partial charge in [-0.3, -0.25) is 4.68 Å². The topological polar surface area (TPSA) is 87.4 Å². The van der Waals surface area contributed by atoms with Crippen LogP contribution in [0.2, 0.25) is 0 Å². The van der Waals surface area contributed by atoms with E-state index < -0.39 is 5.60 Å². The van der Waals surface area contributed by atoms with E-state index >= 15 is 0 Å². The van der Waals surface area contributed by atoms with E-state index in [1.54, 1.807) is 29.1 Å². The van der Waals surface area contributed by atoms with Gasteiger partial charge >= 0.3 is 0 Å². The zero-order valence-electron chi connectivity index (χ0n) is 16.3. The normalized spacial score (nSPS) is 14.3. The van der Waals surface area contributed by atoms with Crippen LogP contribution in [0, 0.1) is 6.92 Å². The summed E-state index contributed by atoms with van der Waals surface area (Å²) in [7, 11) is 1.83. The summed E-state index contributed by atoms with van der Waals surface area (Å²) in [6, 6.07) is 0. The molecule has 26 heavy (non-hydrogen) atoms. The molecule has 3 N–H and O–H groups in total. The number of rotatable bonds is 8. The van der Waals surface area contributed by atoms with Crippen molar-refractivity contribution < 1.29 is 5.11 Å². The van der Waals surface area contributed by atoms with E-state index in [1.165, 1.54) is 10.6 Å². The Bertz CT molecular complexity index is 734. The lowest BCUT2D eigenvalue weighted by atomic mass is 10.0. The van der Waals surface area contributed by atoms with Gasteiger partial charge in [0, 0.05) is 43.2 Å². The van der Waals surface area contributed by atoms with E-state index in [1.807, 2.05) is 20.2 Å². The maximum atomic E-state index is 10.7. The van der Waals surface area contributed by atoms with Crippen molar-refractivity contribution in [1.82, 2.24) is 25.4 Å². The lowest BCUT2D eigenvalue weighted by Gasteiger charge is -2.20. The van der Waals surface area contributed by atoms with Gasteiger partial charge in [-0.1, -0.05) is 6.92 Å². The molecule has 0 aliphatic carbocycles. The Morgan fingerprint density at radius 3 is 2.73 bits per heavy atom. The van der Waals surface area contributed by atoms with Crippen LogP contribution in [0.3, 0.4) is 0 Å².